The minimum absolute atomic E-state index is 0.405. The fourth-order valence-corrected chi connectivity index (χ4v) is 2.48. The molecule has 1 aromatic rings. The van der Waals surface area contributed by atoms with E-state index in [1.54, 1.807) is 0 Å². The Balaban J connectivity index is 1.69. The molecule has 1 aliphatic carbocycles. The van der Waals surface area contributed by atoms with Gasteiger partial charge < -0.3 is 10.4 Å². The molecule has 1 aromatic carbocycles. The zero-order valence-corrected chi connectivity index (χ0v) is 11.6. The Morgan fingerprint density at radius 3 is 2.78 bits per heavy atom. The Hall–Kier alpha value is -0.860. The van der Waals surface area contributed by atoms with Gasteiger partial charge in [0.25, 0.3) is 0 Å². The summed E-state index contributed by atoms with van der Waals surface area (Å²) < 4.78 is 0. The molecule has 0 saturated heterocycles. The van der Waals surface area contributed by atoms with Gasteiger partial charge in [-0.2, -0.15) is 0 Å². The van der Waals surface area contributed by atoms with Crippen LogP contribution in [0.5, 0.6) is 0 Å². The summed E-state index contributed by atoms with van der Waals surface area (Å²) >= 11 is 0. The van der Waals surface area contributed by atoms with Crippen LogP contribution in [0.15, 0.2) is 24.3 Å². The zero-order valence-electron chi connectivity index (χ0n) is 11.6. The Morgan fingerprint density at radius 1 is 1.39 bits per heavy atom. The SMILES string of the molecule is Cc1cccc(CCC(C)NCC2(O)CCC2)c1. The van der Waals surface area contributed by atoms with Crippen molar-refractivity contribution in [1.29, 1.82) is 0 Å². The lowest BCUT2D eigenvalue weighted by atomic mass is 9.80. The van der Waals surface area contributed by atoms with E-state index in [2.05, 4.69) is 43.4 Å². The summed E-state index contributed by atoms with van der Waals surface area (Å²) in [4.78, 5) is 0. The summed E-state index contributed by atoms with van der Waals surface area (Å²) in [5.41, 5.74) is 2.33. The maximum atomic E-state index is 10.0. The molecular formula is C16H25NO. The third-order valence-corrected chi connectivity index (χ3v) is 4.01. The second kappa shape index (κ2) is 5.85. The molecule has 1 fully saturated rings. The summed E-state index contributed by atoms with van der Waals surface area (Å²) in [7, 11) is 0. The van der Waals surface area contributed by atoms with Gasteiger partial charge in [-0.3, -0.25) is 0 Å². The van der Waals surface area contributed by atoms with Crippen molar-refractivity contribution in [2.75, 3.05) is 6.54 Å². The zero-order chi connectivity index (χ0) is 13.0. The van der Waals surface area contributed by atoms with Crippen molar-refractivity contribution in [3.8, 4) is 0 Å². The van der Waals surface area contributed by atoms with Gasteiger partial charge in [0.2, 0.25) is 0 Å². The Morgan fingerprint density at radius 2 is 2.17 bits per heavy atom. The topological polar surface area (TPSA) is 32.3 Å². The van der Waals surface area contributed by atoms with Crippen LogP contribution in [0.3, 0.4) is 0 Å². The molecule has 1 unspecified atom stereocenters. The highest BCUT2D eigenvalue weighted by molar-refractivity contribution is 5.22. The molecule has 2 heteroatoms. The van der Waals surface area contributed by atoms with E-state index in [0.717, 1.165) is 32.2 Å². The fourth-order valence-electron chi connectivity index (χ4n) is 2.48. The predicted molar refractivity (Wildman–Crippen MR) is 75.8 cm³/mol. The van der Waals surface area contributed by atoms with Gasteiger partial charge in [0, 0.05) is 12.6 Å². The van der Waals surface area contributed by atoms with Crippen LogP contribution in [0.1, 0.15) is 43.7 Å². The van der Waals surface area contributed by atoms with Crippen LogP contribution < -0.4 is 5.32 Å². The highest BCUT2D eigenvalue weighted by Crippen LogP contribution is 2.30. The van der Waals surface area contributed by atoms with Gasteiger partial charge in [0.1, 0.15) is 0 Å². The highest BCUT2D eigenvalue weighted by Gasteiger charge is 2.33. The lowest BCUT2D eigenvalue weighted by molar-refractivity contribution is -0.0330. The van der Waals surface area contributed by atoms with E-state index in [1.807, 2.05) is 0 Å². The molecule has 2 nitrogen and oxygen atoms in total. The molecule has 0 heterocycles. The molecule has 1 aliphatic rings. The molecule has 0 radical (unpaired) electrons. The van der Waals surface area contributed by atoms with E-state index in [4.69, 9.17) is 0 Å². The van der Waals surface area contributed by atoms with Crippen LogP contribution in [-0.4, -0.2) is 23.3 Å². The van der Waals surface area contributed by atoms with Crippen molar-refractivity contribution in [2.45, 2.75) is 57.6 Å². The van der Waals surface area contributed by atoms with E-state index in [-0.39, 0.29) is 0 Å². The number of hydrogen-bond acceptors (Lipinski definition) is 2. The van der Waals surface area contributed by atoms with Crippen molar-refractivity contribution < 1.29 is 5.11 Å². The summed E-state index contributed by atoms with van der Waals surface area (Å²) in [6.07, 6.45) is 5.33. The fraction of sp³-hybridized carbons (Fsp3) is 0.625. The number of aliphatic hydroxyl groups is 1. The first-order valence-electron chi connectivity index (χ1n) is 7.09. The lowest BCUT2D eigenvalue weighted by Crippen LogP contribution is -2.48. The molecule has 2 rings (SSSR count). The van der Waals surface area contributed by atoms with Crippen molar-refractivity contribution >= 4 is 0 Å². The first-order valence-corrected chi connectivity index (χ1v) is 7.09. The monoisotopic (exact) mass is 247 g/mol. The van der Waals surface area contributed by atoms with Gasteiger partial charge in [-0.25, -0.2) is 0 Å². The number of rotatable bonds is 6. The normalized spacial score (nSPS) is 19.3. The molecule has 0 bridgehead atoms. The Labute approximate surface area is 110 Å². The second-order valence-corrected chi connectivity index (χ2v) is 5.89. The number of nitrogens with one attached hydrogen (secondary N) is 1. The van der Waals surface area contributed by atoms with Crippen molar-refractivity contribution in [1.82, 2.24) is 5.32 Å². The predicted octanol–water partition coefficient (Wildman–Crippen LogP) is 2.82. The number of benzene rings is 1. The third kappa shape index (κ3) is 3.82. The molecule has 100 valence electrons. The van der Waals surface area contributed by atoms with E-state index < -0.39 is 5.60 Å². The van der Waals surface area contributed by atoms with Gasteiger partial charge in [-0.1, -0.05) is 29.8 Å². The largest absolute Gasteiger partial charge is 0.389 e. The van der Waals surface area contributed by atoms with Gasteiger partial charge in [0.15, 0.2) is 0 Å². The molecule has 1 atom stereocenters. The van der Waals surface area contributed by atoms with E-state index in [9.17, 15) is 5.11 Å². The molecule has 18 heavy (non-hydrogen) atoms. The van der Waals surface area contributed by atoms with E-state index in [1.165, 1.54) is 17.5 Å². The molecule has 1 saturated carbocycles. The van der Waals surface area contributed by atoms with Gasteiger partial charge in [-0.15, -0.1) is 0 Å². The first kappa shape index (κ1) is 13.6. The van der Waals surface area contributed by atoms with Crippen molar-refractivity contribution in [3.05, 3.63) is 35.4 Å². The van der Waals surface area contributed by atoms with Crippen LogP contribution in [-0.2, 0) is 6.42 Å². The summed E-state index contributed by atoms with van der Waals surface area (Å²) in [6, 6.07) is 9.18. The minimum atomic E-state index is -0.405. The average molecular weight is 247 g/mol. The molecular weight excluding hydrogens is 222 g/mol. The lowest BCUT2D eigenvalue weighted by Gasteiger charge is -2.37. The third-order valence-electron chi connectivity index (χ3n) is 4.01. The Bertz CT molecular complexity index is 384. The van der Waals surface area contributed by atoms with Crippen LogP contribution in [0.25, 0.3) is 0 Å². The van der Waals surface area contributed by atoms with Crippen molar-refractivity contribution in [3.63, 3.8) is 0 Å². The van der Waals surface area contributed by atoms with Gasteiger partial charge in [0.05, 0.1) is 5.60 Å². The smallest absolute Gasteiger partial charge is 0.0771 e. The second-order valence-electron chi connectivity index (χ2n) is 5.89. The number of aryl methyl sites for hydroxylation is 2. The molecule has 2 N–H and O–H groups in total. The molecule has 0 aromatic heterocycles. The highest BCUT2D eigenvalue weighted by atomic mass is 16.3. The maximum Gasteiger partial charge on any atom is 0.0771 e. The van der Waals surface area contributed by atoms with Crippen LogP contribution >= 0.6 is 0 Å². The van der Waals surface area contributed by atoms with Gasteiger partial charge >= 0.3 is 0 Å². The minimum Gasteiger partial charge on any atom is -0.389 e. The van der Waals surface area contributed by atoms with Crippen LogP contribution in [0.2, 0.25) is 0 Å². The van der Waals surface area contributed by atoms with Crippen molar-refractivity contribution in [2.24, 2.45) is 0 Å². The molecule has 0 aliphatic heterocycles. The summed E-state index contributed by atoms with van der Waals surface area (Å²) in [5.74, 6) is 0. The summed E-state index contributed by atoms with van der Waals surface area (Å²) in [6.45, 7) is 5.09. The van der Waals surface area contributed by atoms with Gasteiger partial charge in [-0.05, 0) is 51.5 Å². The Kier molecular flexibility index (Phi) is 4.41. The molecule has 0 spiro atoms. The quantitative estimate of drug-likeness (QED) is 0.810. The maximum absolute atomic E-state index is 10.0. The first-order chi connectivity index (χ1) is 8.57. The summed E-state index contributed by atoms with van der Waals surface area (Å²) in [5, 5.41) is 13.5. The van der Waals surface area contributed by atoms with E-state index >= 15 is 0 Å². The van der Waals surface area contributed by atoms with E-state index in [0.29, 0.717) is 6.04 Å². The van der Waals surface area contributed by atoms with Crippen LogP contribution in [0.4, 0.5) is 0 Å². The standard InChI is InChI=1S/C16H25NO/c1-13-5-3-6-15(11-13)8-7-14(2)17-12-16(18)9-4-10-16/h3,5-6,11,14,17-18H,4,7-10,12H2,1-2H3. The average Bonchev–Trinajstić information content (AvgIpc) is 2.31. The van der Waals surface area contributed by atoms with Crippen LogP contribution in [0, 0.1) is 6.92 Å². The molecule has 0 amide bonds. The number of hydrogen-bond donors (Lipinski definition) is 2.